The van der Waals surface area contributed by atoms with Crippen molar-refractivity contribution in [1.82, 2.24) is 4.98 Å². The van der Waals surface area contributed by atoms with Crippen molar-refractivity contribution in [2.75, 3.05) is 0 Å². The standard InChI is InChI=1S/C13H14ClNO/c1-7(2)9-6-11(16)15-10-5-4-8(3)13(14)12(9)10/h4-7H,1-3H3,(H,15,16). The van der Waals surface area contributed by atoms with Crippen LogP contribution in [0.3, 0.4) is 0 Å². The third-order valence-corrected chi connectivity index (χ3v) is 3.28. The quantitative estimate of drug-likeness (QED) is 0.805. The van der Waals surface area contributed by atoms with Gasteiger partial charge in [0.05, 0.1) is 10.5 Å². The van der Waals surface area contributed by atoms with E-state index in [1.54, 1.807) is 6.07 Å². The number of hydrogen-bond acceptors (Lipinski definition) is 1. The molecule has 0 spiro atoms. The van der Waals surface area contributed by atoms with Gasteiger partial charge in [0.15, 0.2) is 0 Å². The zero-order valence-electron chi connectivity index (χ0n) is 9.60. The second-order valence-electron chi connectivity index (χ2n) is 4.36. The molecule has 0 aliphatic rings. The smallest absolute Gasteiger partial charge is 0.248 e. The molecule has 0 unspecified atom stereocenters. The molecule has 0 aliphatic carbocycles. The fourth-order valence-corrected chi connectivity index (χ4v) is 2.18. The van der Waals surface area contributed by atoms with Crippen molar-refractivity contribution in [3.8, 4) is 0 Å². The molecular formula is C13H14ClNO. The number of benzene rings is 1. The molecule has 1 aromatic heterocycles. The van der Waals surface area contributed by atoms with E-state index in [0.717, 1.165) is 27.1 Å². The number of aryl methyl sites for hydroxylation is 1. The van der Waals surface area contributed by atoms with Crippen molar-refractivity contribution in [1.29, 1.82) is 0 Å². The molecule has 0 atom stereocenters. The van der Waals surface area contributed by atoms with Gasteiger partial charge in [-0.3, -0.25) is 4.79 Å². The SMILES string of the molecule is Cc1ccc2[nH]c(=O)cc(C(C)C)c2c1Cl. The lowest BCUT2D eigenvalue weighted by Crippen LogP contribution is -2.08. The molecule has 1 heterocycles. The molecule has 0 aliphatic heterocycles. The van der Waals surface area contributed by atoms with Gasteiger partial charge in [-0.05, 0) is 30.0 Å². The molecule has 84 valence electrons. The lowest BCUT2D eigenvalue weighted by atomic mass is 9.98. The number of H-pyrrole nitrogens is 1. The van der Waals surface area contributed by atoms with Crippen molar-refractivity contribution < 1.29 is 0 Å². The lowest BCUT2D eigenvalue weighted by molar-refractivity contribution is 0.871. The molecule has 0 saturated carbocycles. The molecule has 2 nitrogen and oxygen atoms in total. The third kappa shape index (κ3) is 1.74. The average Bonchev–Trinajstić information content (AvgIpc) is 2.22. The number of pyridine rings is 1. The Labute approximate surface area is 99.3 Å². The van der Waals surface area contributed by atoms with E-state index in [9.17, 15) is 4.79 Å². The van der Waals surface area contributed by atoms with Crippen LogP contribution in [0.2, 0.25) is 5.02 Å². The maximum Gasteiger partial charge on any atom is 0.248 e. The van der Waals surface area contributed by atoms with Gasteiger partial charge in [0.25, 0.3) is 0 Å². The Hall–Kier alpha value is -1.28. The molecule has 0 radical (unpaired) electrons. The van der Waals surface area contributed by atoms with Crippen LogP contribution in [0.5, 0.6) is 0 Å². The van der Waals surface area contributed by atoms with Crippen molar-refractivity contribution in [3.63, 3.8) is 0 Å². The zero-order valence-corrected chi connectivity index (χ0v) is 10.4. The van der Waals surface area contributed by atoms with Crippen molar-refractivity contribution in [3.05, 3.63) is 44.7 Å². The number of hydrogen-bond donors (Lipinski definition) is 1. The maximum absolute atomic E-state index is 11.5. The van der Waals surface area contributed by atoms with Crippen LogP contribution in [0, 0.1) is 6.92 Å². The first-order chi connectivity index (χ1) is 7.50. The number of aromatic nitrogens is 1. The second kappa shape index (κ2) is 3.95. The minimum Gasteiger partial charge on any atom is -0.322 e. The van der Waals surface area contributed by atoms with Crippen LogP contribution in [0.4, 0.5) is 0 Å². The summed E-state index contributed by atoms with van der Waals surface area (Å²) in [5.41, 5.74) is 2.78. The molecule has 1 N–H and O–H groups in total. The first-order valence-corrected chi connectivity index (χ1v) is 5.70. The van der Waals surface area contributed by atoms with Gasteiger partial charge in [-0.15, -0.1) is 0 Å². The zero-order chi connectivity index (χ0) is 11.9. The van der Waals surface area contributed by atoms with Crippen molar-refractivity contribution >= 4 is 22.5 Å². The summed E-state index contributed by atoms with van der Waals surface area (Å²) in [5, 5.41) is 1.70. The Balaban J connectivity index is 2.97. The third-order valence-electron chi connectivity index (χ3n) is 2.79. The van der Waals surface area contributed by atoms with Crippen LogP contribution >= 0.6 is 11.6 Å². The molecule has 3 heteroatoms. The van der Waals surface area contributed by atoms with Gasteiger partial charge in [0.2, 0.25) is 5.56 Å². The van der Waals surface area contributed by atoms with Gasteiger partial charge in [-0.2, -0.15) is 0 Å². The summed E-state index contributed by atoms with van der Waals surface area (Å²) in [7, 11) is 0. The fraction of sp³-hybridized carbons (Fsp3) is 0.308. The maximum atomic E-state index is 11.5. The second-order valence-corrected chi connectivity index (χ2v) is 4.74. The first-order valence-electron chi connectivity index (χ1n) is 5.32. The number of fused-ring (bicyclic) bond motifs is 1. The molecule has 0 bridgehead atoms. The Morgan fingerprint density at radius 2 is 2.00 bits per heavy atom. The molecular weight excluding hydrogens is 222 g/mol. The molecule has 0 saturated heterocycles. The van der Waals surface area contributed by atoms with Crippen molar-refractivity contribution in [2.45, 2.75) is 26.7 Å². The van der Waals surface area contributed by atoms with E-state index in [0.29, 0.717) is 0 Å². The van der Waals surface area contributed by atoms with Gasteiger partial charge in [0, 0.05) is 11.5 Å². The summed E-state index contributed by atoms with van der Waals surface area (Å²) >= 11 is 6.31. The normalized spacial score (nSPS) is 11.3. The van der Waals surface area contributed by atoms with Gasteiger partial charge in [-0.25, -0.2) is 0 Å². The van der Waals surface area contributed by atoms with E-state index in [1.807, 2.05) is 19.1 Å². The van der Waals surface area contributed by atoms with E-state index in [2.05, 4.69) is 18.8 Å². The topological polar surface area (TPSA) is 32.9 Å². The summed E-state index contributed by atoms with van der Waals surface area (Å²) in [4.78, 5) is 14.3. The predicted octanol–water partition coefficient (Wildman–Crippen LogP) is 3.61. The van der Waals surface area contributed by atoms with E-state index in [1.165, 1.54) is 0 Å². The summed E-state index contributed by atoms with van der Waals surface area (Å²) in [6.45, 7) is 6.09. The van der Waals surface area contributed by atoms with Gasteiger partial charge < -0.3 is 4.98 Å². The highest BCUT2D eigenvalue weighted by Crippen LogP contribution is 2.31. The highest BCUT2D eigenvalue weighted by atomic mass is 35.5. The van der Waals surface area contributed by atoms with Gasteiger partial charge in [0.1, 0.15) is 0 Å². The Morgan fingerprint density at radius 3 is 2.62 bits per heavy atom. The minimum absolute atomic E-state index is 0.0730. The Bertz CT molecular complexity index is 599. The Morgan fingerprint density at radius 1 is 1.31 bits per heavy atom. The minimum atomic E-state index is -0.0730. The number of rotatable bonds is 1. The number of halogens is 1. The van der Waals surface area contributed by atoms with E-state index >= 15 is 0 Å². The summed E-state index contributed by atoms with van der Waals surface area (Å²) in [6.07, 6.45) is 0. The number of nitrogens with one attached hydrogen (secondary N) is 1. The lowest BCUT2D eigenvalue weighted by Gasteiger charge is -2.12. The molecule has 0 fully saturated rings. The number of aromatic amines is 1. The van der Waals surface area contributed by atoms with E-state index in [4.69, 9.17) is 11.6 Å². The summed E-state index contributed by atoms with van der Waals surface area (Å²) in [6, 6.07) is 5.47. The monoisotopic (exact) mass is 235 g/mol. The van der Waals surface area contributed by atoms with Crippen LogP contribution in [0.1, 0.15) is 30.9 Å². The Kier molecular flexibility index (Phi) is 2.76. The van der Waals surface area contributed by atoms with Gasteiger partial charge >= 0.3 is 0 Å². The largest absolute Gasteiger partial charge is 0.322 e. The van der Waals surface area contributed by atoms with Crippen LogP contribution in [-0.4, -0.2) is 4.98 Å². The fourth-order valence-electron chi connectivity index (χ4n) is 1.90. The molecule has 1 aromatic carbocycles. The molecule has 0 amide bonds. The van der Waals surface area contributed by atoms with Crippen LogP contribution in [0.25, 0.3) is 10.9 Å². The summed E-state index contributed by atoms with van der Waals surface area (Å²) in [5.74, 6) is 0.282. The van der Waals surface area contributed by atoms with Crippen LogP contribution in [-0.2, 0) is 0 Å². The first kappa shape index (κ1) is 11.2. The van der Waals surface area contributed by atoms with Crippen LogP contribution in [0.15, 0.2) is 23.0 Å². The predicted molar refractivity (Wildman–Crippen MR) is 68.4 cm³/mol. The summed E-state index contributed by atoms with van der Waals surface area (Å²) < 4.78 is 0. The molecule has 2 aromatic rings. The van der Waals surface area contributed by atoms with Gasteiger partial charge in [-0.1, -0.05) is 31.5 Å². The highest BCUT2D eigenvalue weighted by molar-refractivity contribution is 6.36. The van der Waals surface area contributed by atoms with Crippen molar-refractivity contribution in [2.24, 2.45) is 0 Å². The van der Waals surface area contributed by atoms with Crippen LogP contribution < -0.4 is 5.56 Å². The average molecular weight is 236 g/mol. The van der Waals surface area contributed by atoms with E-state index < -0.39 is 0 Å². The van der Waals surface area contributed by atoms with E-state index in [-0.39, 0.29) is 11.5 Å². The highest BCUT2D eigenvalue weighted by Gasteiger charge is 2.11. The molecule has 2 rings (SSSR count). The molecule has 16 heavy (non-hydrogen) atoms.